The molecule has 108 valence electrons. The first kappa shape index (κ1) is 15.3. The number of carboxylic acid groups (broad SMARTS) is 1. The lowest BCUT2D eigenvalue weighted by Crippen LogP contribution is -2.46. The van der Waals surface area contributed by atoms with Gasteiger partial charge in [-0.1, -0.05) is 13.3 Å². The summed E-state index contributed by atoms with van der Waals surface area (Å²) in [5.74, 6) is -1.61. The average molecular weight is 271 g/mol. The van der Waals surface area contributed by atoms with E-state index in [2.05, 4.69) is 17.6 Å². The van der Waals surface area contributed by atoms with Crippen LogP contribution in [0.4, 0.5) is 4.79 Å². The number of rotatable bonds is 8. The van der Waals surface area contributed by atoms with Crippen molar-refractivity contribution in [3.05, 3.63) is 0 Å². The maximum Gasteiger partial charge on any atom is 0.322 e. The molecule has 1 fully saturated rings. The first-order valence-electron chi connectivity index (χ1n) is 6.57. The third-order valence-electron chi connectivity index (χ3n) is 2.84. The van der Waals surface area contributed by atoms with Crippen LogP contribution in [0.5, 0.6) is 0 Å². The number of aliphatic carboxylic acids is 1. The molecule has 7 nitrogen and oxygen atoms in total. The van der Waals surface area contributed by atoms with E-state index >= 15 is 0 Å². The van der Waals surface area contributed by atoms with Crippen LogP contribution in [0.15, 0.2) is 0 Å². The summed E-state index contributed by atoms with van der Waals surface area (Å²) in [5.41, 5.74) is 0. The van der Waals surface area contributed by atoms with Crippen LogP contribution in [0, 0.1) is 0 Å². The standard InChI is InChI=1S/C12H21N3O4/c1-2-3-6-15(9-4-5-9)12(19)14-7-10(16)13-8-11(17)18/h9H,2-8H2,1H3,(H,13,16)(H,14,19)(H,17,18). The largest absolute Gasteiger partial charge is 0.480 e. The summed E-state index contributed by atoms with van der Waals surface area (Å²) in [6.07, 6.45) is 3.98. The zero-order chi connectivity index (χ0) is 14.3. The SMILES string of the molecule is CCCCN(C(=O)NCC(=O)NCC(=O)O)C1CC1. The normalized spacial score (nSPS) is 13.7. The van der Waals surface area contributed by atoms with Gasteiger partial charge in [-0.15, -0.1) is 0 Å². The minimum Gasteiger partial charge on any atom is -0.480 e. The summed E-state index contributed by atoms with van der Waals surface area (Å²) in [7, 11) is 0. The van der Waals surface area contributed by atoms with Crippen LogP contribution >= 0.6 is 0 Å². The van der Waals surface area contributed by atoms with E-state index in [1.54, 1.807) is 4.90 Å². The van der Waals surface area contributed by atoms with Crippen LogP contribution in [0.3, 0.4) is 0 Å². The summed E-state index contributed by atoms with van der Waals surface area (Å²) in [6.45, 7) is 2.13. The Kier molecular flexibility index (Phi) is 6.11. The zero-order valence-corrected chi connectivity index (χ0v) is 11.1. The zero-order valence-electron chi connectivity index (χ0n) is 11.1. The number of hydrogen-bond acceptors (Lipinski definition) is 3. The molecule has 0 saturated heterocycles. The van der Waals surface area contributed by atoms with Gasteiger partial charge in [-0.2, -0.15) is 0 Å². The second kappa shape index (κ2) is 7.60. The number of nitrogens with zero attached hydrogens (tertiary/aromatic N) is 1. The maximum absolute atomic E-state index is 11.9. The summed E-state index contributed by atoms with van der Waals surface area (Å²) >= 11 is 0. The number of carbonyl (C=O) groups excluding carboxylic acids is 2. The number of carboxylic acids is 1. The van der Waals surface area contributed by atoms with Gasteiger partial charge in [0.05, 0.1) is 6.54 Å². The van der Waals surface area contributed by atoms with Crippen LogP contribution in [0.1, 0.15) is 32.6 Å². The Balaban J connectivity index is 2.27. The van der Waals surface area contributed by atoms with Gasteiger partial charge in [-0.3, -0.25) is 9.59 Å². The van der Waals surface area contributed by atoms with Crippen molar-refractivity contribution in [1.82, 2.24) is 15.5 Å². The molecule has 0 unspecified atom stereocenters. The summed E-state index contributed by atoms with van der Waals surface area (Å²) < 4.78 is 0. The third kappa shape index (κ3) is 6.08. The molecule has 19 heavy (non-hydrogen) atoms. The van der Waals surface area contributed by atoms with Crippen molar-refractivity contribution >= 4 is 17.9 Å². The van der Waals surface area contributed by atoms with Crippen molar-refractivity contribution in [2.24, 2.45) is 0 Å². The van der Waals surface area contributed by atoms with Crippen LogP contribution in [0.2, 0.25) is 0 Å². The van der Waals surface area contributed by atoms with Crippen molar-refractivity contribution in [2.75, 3.05) is 19.6 Å². The number of urea groups is 1. The highest BCUT2D eigenvalue weighted by molar-refractivity contribution is 5.86. The molecule has 0 radical (unpaired) electrons. The van der Waals surface area contributed by atoms with Gasteiger partial charge in [0.1, 0.15) is 6.54 Å². The second-order valence-electron chi connectivity index (χ2n) is 4.61. The Bertz CT molecular complexity index is 342. The van der Waals surface area contributed by atoms with E-state index in [1.807, 2.05) is 0 Å². The molecule has 0 heterocycles. The molecule has 1 rings (SSSR count). The van der Waals surface area contributed by atoms with E-state index in [4.69, 9.17) is 5.11 Å². The van der Waals surface area contributed by atoms with E-state index in [0.717, 1.165) is 25.7 Å². The summed E-state index contributed by atoms with van der Waals surface area (Å²) in [6, 6.07) is 0.0510. The van der Waals surface area contributed by atoms with Crippen molar-refractivity contribution in [3.63, 3.8) is 0 Å². The van der Waals surface area contributed by atoms with Crippen LogP contribution in [0.25, 0.3) is 0 Å². The Morgan fingerprint density at radius 2 is 1.89 bits per heavy atom. The van der Waals surface area contributed by atoms with Gasteiger partial charge in [-0.25, -0.2) is 4.79 Å². The molecule has 1 aliphatic carbocycles. The van der Waals surface area contributed by atoms with E-state index in [1.165, 1.54) is 0 Å². The van der Waals surface area contributed by atoms with Crippen molar-refractivity contribution < 1.29 is 19.5 Å². The molecule has 0 aliphatic heterocycles. The Labute approximate surface area is 112 Å². The molecule has 0 aromatic carbocycles. The fourth-order valence-corrected chi connectivity index (χ4v) is 1.66. The number of amides is 3. The quantitative estimate of drug-likeness (QED) is 0.585. The Morgan fingerprint density at radius 3 is 2.42 bits per heavy atom. The van der Waals surface area contributed by atoms with Crippen LogP contribution in [-0.2, 0) is 9.59 Å². The topological polar surface area (TPSA) is 98.7 Å². The molecule has 1 aliphatic rings. The molecule has 7 heteroatoms. The number of unbranched alkanes of at least 4 members (excludes halogenated alkanes) is 1. The van der Waals surface area contributed by atoms with E-state index in [9.17, 15) is 14.4 Å². The molecule has 3 amide bonds. The number of carbonyl (C=O) groups is 3. The molecule has 0 spiro atoms. The number of hydrogen-bond donors (Lipinski definition) is 3. The molecule has 0 bridgehead atoms. The second-order valence-corrected chi connectivity index (χ2v) is 4.61. The monoisotopic (exact) mass is 271 g/mol. The lowest BCUT2D eigenvalue weighted by atomic mass is 10.3. The van der Waals surface area contributed by atoms with Crippen molar-refractivity contribution in [2.45, 2.75) is 38.6 Å². The predicted molar refractivity (Wildman–Crippen MR) is 68.7 cm³/mol. The Morgan fingerprint density at radius 1 is 1.21 bits per heavy atom. The van der Waals surface area contributed by atoms with Gasteiger partial charge in [0, 0.05) is 12.6 Å². The van der Waals surface area contributed by atoms with Crippen molar-refractivity contribution in [3.8, 4) is 0 Å². The smallest absolute Gasteiger partial charge is 0.322 e. The predicted octanol–water partition coefficient (Wildman–Crippen LogP) is 0.161. The fraction of sp³-hybridized carbons (Fsp3) is 0.750. The highest BCUT2D eigenvalue weighted by Gasteiger charge is 2.32. The Hall–Kier alpha value is -1.79. The summed E-state index contributed by atoms with van der Waals surface area (Å²) in [4.78, 5) is 35.2. The maximum atomic E-state index is 11.9. The van der Waals surface area contributed by atoms with E-state index in [0.29, 0.717) is 12.6 Å². The van der Waals surface area contributed by atoms with Gasteiger partial charge in [0.15, 0.2) is 0 Å². The van der Waals surface area contributed by atoms with Crippen LogP contribution < -0.4 is 10.6 Å². The first-order valence-corrected chi connectivity index (χ1v) is 6.57. The molecule has 0 atom stereocenters. The minimum atomic E-state index is -1.11. The molecular weight excluding hydrogens is 250 g/mol. The average Bonchev–Trinajstić information content (AvgIpc) is 3.18. The van der Waals surface area contributed by atoms with E-state index in [-0.39, 0.29) is 12.6 Å². The molecular formula is C12H21N3O4. The minimum absolute atomic E-state index is 0.193. The first-order chi connectivity index (χ1) is 9.04. The molecule has 0 aromatic rings. The van der Waals surface area contributed by atoms with Gasteiger partial charge in [0.25, 0.3) is 0 Å². The van der Waals surface area contributed by atoms with E-state index < -0.39 is 18.4 Å². The lowest BCUT2D eigenvalue weighted by Gasteiger charge is -2.22. The molecule has 0 aromatic heterocycles. The van der Waals surface area contributed by atoms with Crippen LogP contribution in [-0.4, -0.2) is 53.6 Å². The van der Waals surface area contributed by atoms with Gasteiger partial charge in [-0.05, 0) is 19.3 Å². The highest BCUT2D eigenvalue weighted by atomic mass is 16.4. The highest BCUT2D eigenvalue weighted by Crippen LogP contribution is 2.26. The van der Waals surface area contributed by atoms with Gasteiger partial charge >= 0.3 is 12.0 Å². The molecule has 3 N–H and O–H groups in total. The van der Waals surface area contributed by atoms with Gasteiger partial charge < -0.3 is 20.6 Å². The van der Waals surface area contributed by atoms with Crippen molar-refractivity contribution in [1.29, 1.82) is 0 Å². The van der Waals surface area contributed by atoms with Gasteiger partial charge in [0.2, 0.25) is 5.91 Å². The lowest BCUT2D eigenvalue weighted by molar-refractivity contribution is -0.137. The number of nitrogens with one attached hydrogen (secondary N) is 2. The molecule has 1 saturated carbocycles. The summed E-state index contributed by atoms with van der Waals surface area (Å²) in [5, 5.41) is 13.1. The third-order valence-corrected chi connectivity index (χ3v) is 2.84. The fourth-order valence-electron chi connectivity index (χ4n) is 1.66.